The quantitative estimate of drug-likeness (QED) is 0.783. The number of rotatable bonds is 2. The van der Waals surface area contributed by atoms with Gasteiger partial charge in [0.15, 0.2) is 0 Å². The van der Waals surface area contributed by atoms with Gasteiger partial charge >= 0.3 is 24.2 Å². The van der Waals surface area contributed by atoms with Gasteiger partial charge in [-0.1, -0.05) is 6.07 Å². The molecular formula is C12H10F6N2O2. The summed E-state index contributed by atoms with van der Waals surface area (Å²) in [4.78, 5) is 22.6. The smallest absolute Gasteiger partial charge is 0.308 e. The van der Waals surface area contributed by atoms with Crippen molar-refractivity contribution in [2.24, 2.45) is 0 Å². The molecule has 0 atom stereocenters. The average Bonchev–Trinajstić information content (AvgIpc) is 2.42. The van der Waals surface area contributed by atoms with Crippen LogP contribution in [0.2, 0.25) is 0 Å². The van der Waals surface area contributed by atoms with E-state index in [0.717, 1.165) is 38.4 Å². The maximum Gasteiger partial charge on any atom is 0.471 e. The molecule has 0 saturated heterocycles. The van der Waals surface area contributed by atoms with Crippen LogP contribution >= 0.6 is 0 Å². The van der Waals surface area contributed by atoms with Crippen molar-refractivity contribution in [3.05, 3.63) is 24.3 Å². The van der Waals surface area contributed by atoms with Gasteiger partial charge in [-0.3, -0.25) is 9.59 Å². The van der Waals surface area contributed by atoms with Crippen molar-refractivity contribution >= 4 is 23.2 Å². The molecule has 0 unspecified atom stereocenters. The fourth-order valence-electron chi connectivity index (χ4n) is 1.53. The highest BCUT2D eigenvalue weighted by Crippen LogP contribution is 2.27. The predicted octanol–water partition coefficient (Wildman–Crippen LogP) is 2.74. The fourth-order valence-corrected chi connectivity index (χ4v) is 1.53. The number of hydrogen-bond donors (Lipinski definition) is 0. The van der Waals surface area contributed by atoms with Crippen molar-refractivity contribution in [2.75, 3.05) is 23.9 Å². The minimum Gasteiger partial charge on any atom is -0.308 e. The van der Waals surface area contributed by atoms with Crippen LogP contribution in [-0.2, 0) is 9.59 Å². The molecule has 0 N–H and O–H groups in total. The predicted molar refractivity (Wildman–Crippen MR) is 65.4 cm³/mol. The molecule has 0 heterocycles. The molecule has 1 aromatic rings. The number of nitrogens with zero attached hydrogens (tertiary/aromatic N) is 2. The number of carbonyl (C=O) groups excluding carboxylic acids is 2. The van der Waals surface area contributed by atoms with Crippen LogP contribution in [0.5, 0.6) is 0 Å². The zero-order valence-electron chi connectivity index (χ0n) is 11.3. The lowest BCUT2D eigenvalue weighted by Gasteiger charge is -2.22. The summed E-state index contributed by atoms with van der Waals surface area (Å²) < 4.78 is 73.9. The molecule has 0 bridgehead atoms. The zero-order valence-corrected chi connectivity index (χ0v) is 11.3. The van der Waals surface area contributed by atoms with E-state index in [4.69, 9.17) is 0 Å². The lowest BCUT2D eigenvalue weighted by atomic mass is 10.2. The first-order chi connectivity index (χ1) is 9.85. The van der Waals surface area contributed by atoms with Crippen molar-refractivity contribution in [1.29, 1.82) is 0 Å². The van der Waals surface area contributed by atoms with Crippen LogP contribution in [0.25, 0.3) is 0 Å². The maximum absolute atomic E-state index is 12.3. The molecule has 22 heavy (non-hydrogen) atoms. The monoisotopic (exact) mass is 328 g/mol. The average molecular weight is 328 g/mol. The summed E-state index contributed by atoms with van der Waals surface area (Å²) >= 11 is 0. The Bertz CT molecular complexity index is 534. The minimum atomic E-state index is -5.13. The first-order valence-electron chi connectivity index (χ1n) is 5.65. The van der Waals surface area contributed by atoms with Gasteiger partial charge in [0.25, 0.3) is 0 Å². The third-order valence-corrected chi connectivity index (χ3v) is 2.70. The van der Waals surface area contributed by atoms with E-state index in [-0.39, 0.29) is 21.2 Å². The number of benzene rings is 1. The van der Waals surface area contributed by atoms with E-state index in [2.05, 4.69) is 0 Å². The van der Waals surface area contributed by atoms with Gasteiger partial charge in [0.05, 0.1) is 0 Å². The van der Waals surface area contributed by atoms with Gasteiger partial charge in [-0.05, 0) is 18.2 Å². The van der Waals surface area contributed by atoms with E-state index in [1.165, 1.54) is 0 Å². The molecule has 0 aliphatic heterocycles. The molecule has 0 aliphatic rings. The molecule has 0 fully saturated rings. The first-order valence-corrected chi connectivity index (χ1v) is 5.65. The van der Waals surface area contributed by atoms with Crippen molar-refractivity contribution in [3.8, 4) is 0 Å². The molecule has 10 heteroatoms. The van der Waals surface area contributed by atoms with Crippen LogP contribution in [0.15, 0.2) is 24.3 Å². The van der Waals surface area contributed by atoms with Gasteiger partial charge in [-0.2, -0.15) is 26.3 Å². The third kappa shape index (κ3) is 3.89. The summed E-state index contributed by atoms with van der Waals surface area (Å²) in [5.41, 5.74) is -0.608. The van der Waals surface area contributed by atoms with Crippen LogP contribution in [0.3, 0.4) is 0 Å². The first kappa shape index (κ1) is 17.8. The SMILES string of the molecule is CN(C(=O)C(F)(F)F)c1cccc(N(C)C(=O)C(F)(F)F)c1. The fraction of sp³-hybridized carbons (Fsp3) is 0.333. The summed E-state index contributed by atoms with van der Waals surface area (Å²) in [6.07, 6.45) is -10.3. The maximum atomic E-state index is 12.3. The molecule has 0 spiro atoms. The second-order valence-electron chi connectivity index (χ2n) is 4.24. The third-order valence-electron chi connectivity index (χ3n) is 2.70. The molecule has 4 nitrogen and oxygen atoms in total. The van der Waals surface area contributed by atoms with Gasteiger partial charge in [-0.15, -0.1) is 0 Å². The number of anilines is 2. The van der Waals surface area contributed by atoms with Gasteiger partial charge in [0.1, 0.15) is 0 Å². The van der Waals surface area contributed by atoms with Crippen LogP contribution in [-0.4, -0.2) is 38.3 Å². The van der Waals surface area contributed by atoms with E-state index >= 15 is 0 Å². The zero-order chi connectivity index (χ0) is 17.3. The van der Waals surface area contributed by atoms with Gasteiger partial charge in [0, 0.05) is 25.5 Å². The number of carbonyl (C=O) groups is 2. The van der Waals surface area contributed by atoms with Crippen LogP contribution in [0.1, 0.15) is 0 Å². The van der Waals surface area contributed by atoms with Gasteiger partial charge in [0.2, 0.25) is 0 Å². The lowest BCUT2D eigenvalue weighted by Crippen LogP contribution is -2.39. The second kappa shape index (κ2) is 5.85. The largest absolute Gasteiger partial charge is 0.471 e. The Labute approximate surface area is 120 Å². The Balaban J connectivity index is 3.10. The normalized spacial score (nSPS) is 12.0. The Morgan fingerprint density at radius 2 is 1.14 bits per heavy atom. The van der Waals surface area contributed by atoms with Gasteiger partial charge < -0.3 is 9.80 Å². The number of hydrogen-bond acceptors (Lipinski definition) is 2. The molecule has 0 aliphatic carbocycles. The van der Waals surface area contributed by atoms with Gasteiger partial charge in [-0.25, -0.2) is 0 Å². The minimum absolute atomic E-state index is 0.232. The van der Waals surface area contributed by atoms with E-state index in [1.807, 2.05) is 0 Å². The topological polar surface area (TPSA) is 40.6 Å². The van der Waals surface area contributed by atoms with Crippen LogP contribution < -0.4 is 9.80 Å². The molecule has 1 aromatic carbocycles. The van der Waals surface area contributed by atoms with Crippen LogP contribution in [0.4, 0.5) is 37.7 Å². The highest BCUT2D eigenvalue weighted by atomic mass is 19.4. The summed E-state index contributed by atoms with van der Waals surface area (Å²) in [5, 5.41) is 0. The Morgan fingerprint density at radius 3 is 1.41 bits per heavy atom. The summed E-state index contributed by atoms with van der Waals surface area (Å²) in [6.45, 7) is 0. The van der Waals surface area contributed by atoms with Crippen molar-refractivity contribution in [1.82, 2.24) is 0 Å². The van der Waals surface area contributed by atoms with E-state index in [9.17, 15) is 35.9 Å². The molecule has 0 aromatic heterocycles. The summed E-state index contributed by atoms with van der Waals surface area (Å²) in [7, 11) is 1.64. The second-order valence-corrected chi connectivity index (χ2v) is 4.24. The standard InChI is InChI=1S/C12H10F6N2O2/c1-19(9(21)11(13,14)15)7-4-3-5-8(6-7)20(2)10(22)12(16,17)18/h3-6H,1-2H3. The molecular weight excluding hydrogens is 318 g/mol. The summed E-state index contributed by atoms with van der Waals surface area (Å²) in [5.74, 6) is -4.37. The lowest BCUT2D eigenvalue weighted by molar-refractivity contribution is -0.170. The Kier molecular flexibility index (Phi) is 4.73. The Hall–Kier alpha value is -2.26. The van der Waals surface area contributed by atoms with Crippen molar-refractivity contribution < 1.29 is 35.9 Å². The van der Waals surface area contributed by atoms with E-state index in [1.54, 1.807) is 0 Å². The molecule has 0 radical (unpaired) electrons. The number of halogens is 6. The molecule has 0 saturated carbocycles. The van der Waals surface area contributed by atoms with Crippen LogP contribution in [0, 0.1) is 0 Å². The molecule has 1 rings (SSSR count). The summed E-state index contributed by atoms with van der Waals surface area (Å²) in [6, 6.07) is 4.19. The van der Waals surface area contributed by atoms with Crippen molar-refractivity contribution in [3.63, 3.8) is 0 Å². The van der Waals surface area contributed by atoms with Crippen molar-refractivity contribution in [2.45, 2.75) is 12.4 Å². The van der Waals surface area contributed by atoms with E-state index < -0.39 is 24.2 Å². The molecule has 122 valence electrons. The number of alkyl halides is 6. The number of amides is 2. The highest BCUT2D eigenvalue weighted by molar-refractivity contribution is 5.99. The molecule has 2 amide bonds. The van der Waals surface area contributed by atoms with E-state index in [0.29, 0.717) is 0 Å². The highest BCUT2D eigenvalue weighted by Gasteiger charge is 2.43. The Morgan fingerprint density at radius 1 is 0.818 bits per heavy atom.